The van der Waals surface area contributed by atoms with E-state index in [4.69, 9.17) is 0 Å². The van der Waals surface area contributed by atoms with Crippen molar-refractivity contribution in [3.8, 4) is 0 Å². The van der Waals surface area contributed by atoms with E-state index in [0.29, 0.717) is 11.3 Å². The first kappa shape index (κ1) is 17.4. The molecule has 0 unspecified atom stereocenters. The molecule has 7 heteroatoms. The largest absolute Gasteiger partial charge is 0.350 e. The number of aryl methyl sites for hydroxylation is 1. The van der Waals surface area contributed by atoms with Gasteiger partial charge in [0.25, 0.3) is 0 Å². The van der Waals surface area contributed by atoms with Crippen molar-refractivity contribution >= 4 is 17.6 Å². The Morgan fingerprint density at radius 3 is 2.38 bits per heavy atom. The lowest BCUT2D eigenvalue weighted by Crippen LogP contribution is -2.38. The second-order valence-electron chi connectivity index (χ2n) is 5.23. The van der Waals surface area contributed by atoms with Crippen LogP contribution in [0.3, 0.4) is 0 Å². The molecule has 0 aliphatic heterocycles. The van der Waals surface area contributed by atoms with E-state index < -0.39 is 23.6 Å². The van der Waals surface area contributed by atoms with Crippen LogP contribution in [0.2, 0.25) is 0 Å². The minimum Gasteiger partial charge on any atom is -0.350 e. The average molecular weight is 333 g/mol. The molecule has 5 nitrogen and oxygen atoms in total. The summed E-state index contributed by atoms with van der Waals surface area (Å²) in [5, 5.41) is 7.46. The van der Waals surface area contributed by atoms with Crippen LogP contribution in [0.25, 0.3) is 0 Å². The molecule has 0 heterocycles. The minimum atomic E-state index is -0.713. The van der Waals surface area contributed by atoms with Crippen molar-refractivity contribution in [3.63, 3.8) is 0 Å². The zero-order chi connectivity index (χ0) is 17.5. The van der Waals surface area contributed by atoms with E-state index in [2.05, 4.69) is 16.0 Å². The number of halogens is 2. The molecule has 3 N–H and O–H groups in total. The topological polar surface area (TPSA) is 70.2 Å². The van der Waals surface area contributed by atoms with E-state index in [1.54, 1.807) is 18.2 Å². The van der Waals surface area contributed by atoms with Crippen molar-refractivity contribution in [2.24, 2.45) is 0 Å². The Morgan fingerprint density at radius 2 is 1.71 bits per heavy atom. The lowest BCUT2D eigenvalue weighted by Gasteiger charge is -2.09. The maximum atomic E-state index is 13.0. The maximum absolute atomic E-state index is 13.0. The SMILES string of the molecule is Cc1cccc(NC(=O)NCC(=O)NCc2cc(F)cc(F)c2)c1. The lowest BCUT2D eigenvalue weighted by molar-refractivity contribution is -0.120. The van der Waals surface area contributed by atoms with Crippen LogP contribution in [0.1, 0.15) is 11.1 Å². The predicted octanol–water partition coefficient (Wildman–Crippen LogP) is 2.71. The number of carbonyl (C=O) groups is 2. The quantitative estimate of drug-likeness (QED) is 0.787. The highest BCUT2D eigenvalue weighted by atomic mass is 19.1. The van der Waals surface area contributed by atoms with Gasteiger partial charge >= 0.3 is 6.03 Å². The number of hydrogen-bond donors (Lipinski definition) is 3. The van der Waals surface area contributed by atoms with Gasteiger partial charge in [-0.3, -0.25) is 4.79 Å². The van der Waals surface area contributed by atoms with Crippen LogP contribution in [0.15, 0.2) is 42.5 Å². The fraction of sp³-hybridized carbons (Fsp3) is 0.176. The normalized spacial score (nSPS) is 10.1. The predicted molar refractivity (Wildman–Crippen MR) is 86.4 cm³/mol. The molecule has 2 rings (SSSR count). The molecule has 126 valence electrons. The number of carbonyl (C=O) groups excluding carboxylic acids is 2. The third kappa shape index (κ3) is 5.68. The van der Waals surface area contributed by atoms with Gasteiger partial charge < -0.3 is 16.0 Å². The summed E-state index contributed by atoms with van der Waals surface area (Å²) < 4.78 is 26.0. The van der Waals surface area contributed by atoms with Gasteiger partial charge in [-0.15, -0.1) is 0 Å². The summed E-state index contributed by atoms with van der Waals surface area (Å²) in [6.07, 6.45) is 0. The number of rotatable bonds is 5. The molecule has 24 heavy (non-hydrogen) atoms. The van der Waals surface area contributed by atoms with Crippen LogP contribution in [-0.4, -0.2) is 18.5 Å². The first-order chi connectivity index (χ1) is 11.4. The summed E-state index contributed by atoms with van der Waals surface area (Å²) in [6, 6.07) is 9.70. The van der Waals surface area contributed by atoms with Gasteiger partial charge in [0.2, 0.25) is 5.91 Å². The standard InChI is InChI=1S/C17H17F2N3O2/c1-11-3-2-4-15(5-11)22-17(24)21-10-16(23)20-9-12-6-13(18)8-14(19)7-12/h2-8H,9-10H2,1H3,(H,20,23)(H2,21,22,24). The van der Waals surface area contributed by atoms with E-state index in [1.807, 2.05) is 13.0 Å². The zero-order valence-electron chi connectivity index (χ0n) is 13.0. The fourth-order valence-electron chi connectivity index (χ4n) is 2.03. The number of hydrogen-bond acceptors (Lipinski definition) is 2. The van der Waals surface area contributed by atoms with Crippen LogP contribution in [0.4, 0.5) is 19.3 Å². The molecule has 3 amide bonds. The monoisotopic (exact) mass is 333 g/mol. The Labute approximate surface area is 138 Å². The second kappa shape index (κ2) is 8.05. The third-order valence-electron chi connectivity index (χ3n) is 3.10. The molecule has 0 atom stereocenters. The van der Waals surface area contributed by atoms with Gasteiger partial charge in [-0.05, 0) is 42.3 Å². The first-order valence-electron chi connectivity index (χ1n) is 7.25. The summed E-state index contributed by atoms with van der Waals surface area (Å²) in [5.74, 6) is -1.90. The van der Waals surface area contributed by atoms with Crippen molar-refractivity contribution in [3.05, 3.63) is 65.2 Å². The van der Waals surface area contributed by atoms with Crippen LogP contribution >= 0.6 is 0 Å². The van der Waals surface area contributed by atoms with Gasteiger partial charge in [0, 0.05) is 18.3 Å². The van der Waals surface area contributed by atoms with Gasteiger partial charge in [0.05, 0.1) is 6.54 Å². The Bertz CT molecular complexity index is 730. The van der Waals surface area contributed by atoms with E-state index in [-0.39, 0.29) is 13.1 Å². The van der Waals surface area contributed by atoms with Crippen molar-refractivity contribution in [1.82, 2.24) is 10.6 Å². The van der Waals surface area contributed by atoms with Gasteiger partial charge in [-0.1, -0.05) is 12.1 Å². The van der Waals surface area contributed by atoms with E-state index in [0.717, 1.165) is 23.8 Å². The summed E-state index contributed by atoms with van der Waals surface area (Å²) in [7, 11) is 0. The smallest absolute Gasteiger partial charge is 0.319 e. The van der Waals surface area contributed by atoms with E-state index >= 15 is 0 Å². The number of nitrogens with one attached hydrogen (secondary N) is 3. The van der Waals surface area contributed by atoms with Crippen molar-refractivity contribution < 1.29 is 18.4 Å². The zero-order valence-corrected chi connectivity index (χ0v) is 13.0. The van der Waals surface area contributed by atoms with Crippen LogP contribution in [0.5, 0.6) is 0 Å². The third-order valence-corrected chi connectivity index (χ3v) is 3.10. The van der Waals surface area contributed by atoms with Crippen molar-refractivity contribution in [1.29, 1.82) is 0 Å². The van der Waals surface area contributed by atoms with Crippen molar-refractivity contribution in [2.45, 2.75) is 13.5 Å². The average Bonchev–Trinajstić information content (AvgIpc) is 2.50. The minimum absolute atomic E-state index is 0.0330. The second-order valence-corrected chi connectivity index (χ2v) is 5.23. The van der Waals surface area contributed by atoms with Gasteiger partial charge in [0.1, 0.15) is 11.6 Å². The summed E-state index contributed by atoms with van der Waals surface area (Å²) in [6.45, 7) is 1.61. The van der Waals surface area contributed by atoms with Crippen molar-refractivity contribution in [2.75, 3.05) is 11.9 Å². The highest BCUT2D eigenvalue weighted by Crippen LogP contribution is 2.09. The molecule has 0 fully saturated rings. The Morgan fingerprint density at radius 1 is 1.00 bits per heavy atom. The lowest BCUT2D eigenvalue weighted by atomic mass is 10.2. The Kier molecular flexibility index (Phi) is 5.83. The Hall–Kier alpha value is -2.96. The molecule has 2 aromatic rings. The molecule has 0 saturated carbocycles. The highest BCUT2D eigenvalue weighted by Gasteiger charge is 2.07. The molecule has 0 bridgehead atoms. The molecule has 0 spiro atoms. The fourth-order valence-corrected chi connectivity index (χ4v) is 2.03. The molecule has 0 aliphatic rings. The molecule has 2 aromatic carbocycles. The van der Waals surface area contributed by atoms with Crippen LogP contribution in [-0.2, 0) is 11.3 Å². The van der Waals surface area contributed by atoms with Gasteiger partial charge in [-0.2, -0.15) is 0 Å². The number of anilines is 1. The molecular weight excluding hydrogens is 316 g/mol. The summed E-state index contributed by atoms with van der Waals surface area (Å²) >= 11 is 0. The molecule has 0 radical (unpaired) electrons. The van der Waals surface area contributed by atoms with Crippen LogP contribution in [0, 0.1) is 18.6 Å². The molecular formula is C17H17F2N3O2. The Balaban J connectivity index is 1.75. The van der Waals surface area contributed by atoms with Gasteiger partial charge in [0.15, 0.2) is 0 Å². The van der Waals surface area contributed by atoms with E-state index in [9.17, 15) is 18.4 Å². The molecule has 0 saturated heterocycles. The van der Waals surface area contributed by atoms with Gasteiger partial charge in [-0.25, -0.2) is 13.6 Å². The molecule has 0 aliphatic carbocycles. The number of benzene rings is 2. The highest BCUT2D eigenvalue weighted by molar-refractivity contribution is 5.92. The first-order valence-corrected chi connectivity index (χ1v) is 7.25. The maximum Gasteiger partial charge on any atom is 0.319 e. The van der Waals surface area contributed by atoms with E-state index in [1.165, 1.54) is 0 Å². The summed E-state index contributed by atoms with van der Waals surface area (Å²) in [4.78, 5) is 23.3. The number of amides is 3. The number of urea groups is 1. The van der Waals surface area contributed by atoms with Crippen LogP contribution < -0.4 is 16.0 Å². The molecule has 0 aromatic heterocycles. The summed E-state index contributed by atoms with van der Waals surface area (Å²) in [5.41, 5.74) is 1.90.